The topological polar surface area (TPSA) is 56.6 Å². The zero-order chi connectivity index (χ0) is 14.8. The lowest BCUT2D eigenvalue weighted by molar-refractivity contribution is 0.949. The van der Waals surface area contributed by atoms with Crippen molar-refractivity contribution in [1.82, 2.24) is 9.97 Å². The minimum absolute atomic E-state index is 0.532. The quantitative estimate of drug-likeness (QED) is 0.718. The van der Waals surface area contributed by atoms with Gasteiger partial charge in [0.05, 0.1) is 16.7 Å². The molecule has 2 aromatic carbocycles. The summed E-state index contributed by atoms with van der Waals surface area (Å²) in [7, 11) is 0. The van der Waals surface area contributed by atoms with Gasteiger partial charge < -0.3 is 9.88 Å². The standard InChI is InChI=1S/C17H17N5/c1-2-6-16-15(5-1)18-17(19-16)21-20-13-7-9-14(10-8-13)22-11-3-4-12-22/h1-2,5-10H,3-4,11-12H2,(H,18,19). The van der Waals surface area contributed by atoms with Gasteiger partial charge in [-0.25, -0.2) is 4.98 Å². The van der Waals surface area contributed by atoms with E-state index in [0.717, 1.165) is 29.8 Å². The molecule has 1 saturated heterocycles. The summed E-state index contributed by atoms with van der Waals surface area (Å²) in [6.45, 7) is 2.31. The van der Waals surface area contributed by atoms with E-state index >= 15 is 0 Å². The Hall–Kier alpha value is -2.69. The summed E-state index contributed by atoms with van der Waals surface area (Å²) < 4.78 is 0. The predicted molar refractivity (Wildman–Crippen MR) is 88.2 cm³/mol. The molecule has 2 heterocycles. The molecule has 1 aliphatic heterocycles. The minimum Gasteiger partial charge on any atom is -0.372 e. The highest BCUT2D eigenvalue weighted by Gasteiger charge is 2.11. The summed E-state index contributed by atoms with van der Waals surface area (Å²) >= 11 is 0. The van der Waals surface area contributed by atoms with Gasteiger partial charge in [-0.2, -0.15) is 0 Å². The van der Waals surface area contributed by atoms with E-state index in [1.165, 1.54) is 18.5 Å². The Morgan fingerprint density at radius 2 is 1.68 bits per heavy atom. The number of imidazole rings is 1. The first kappa shape index (κ1) is 13.0. The molecule has 3 aromatic rings. The molecular weight excluding hydrogens is 274 g/mol. The first-order chi connectivity index (χ1) is 10.9. The van der Waals surface area contributed by atoms with E-state index in [1.807, 2.05) is 36.4 Å². The Balaban J connectivity index is 1.52. The molecular formula is C17H17N5. The third kappa shape index (κ3) is 2.57. The number of hydrogen-bond acceptors (Lipinski definition) is 4. The van der Waals surface area contributed by atoms with E-state index in [9.17, 15) is 0 Å². The third-order valence-electron chi connectivity index (χ3n) is 3.96. The van der Waals surface area contributed by atoms with Crippen LogP contribution in [-0.4, -0.2) is 23.1 Å². The molecule has 0 spiro atoms. The smallest absolute Gasteiger partial charge is 0.247 e. The van der Waals surface area contributed by atoms with Gasteiger partial charge in [-0.05, 0) is 49.2 Å². The van der Waals surface area contributed by atoms with E-state index in [0.29, 0.717) is 5.95 Å². The number of H-pyrrole nitrogens is 1. The van der Waals surface area contributed by atoms with Gasteiger partial charge in [-0.1, -0.05) is 12.1 Å². The van der Waals surface area contributed by atoms with Crippen molar-refractivity contribution in [3.8, 4) is 0 Å². The van der Waals surface area contributed by atoms with E-state index in [1.54, 1.807) is 0 Å². The van der Waals surface area contributed by atoms with E-state index < -0.39 is 0 Å². The second-order valence-corrected chi connectivity index (χ2v) is 5.49. The maximum atomic E-state index is 4.38. The van der Waals surface area contributed by atoms with Gasteiger partial charge in [0, 0.05) is 18.8 Å². The Labute approximate surface area is 128 Å². The van der Waals surface area contributed by atoms with E-state index in [2.05, 4.69) is 37.2 Å². The van der Waals surface area contributed by atoms with Crippen LogP contribution in [0, 0.1) is 0 Å². The Kier molecular flexibility index (Phi) is 3.31. The first-order valence-corrected chi connectivity index (χ1v) is 7.60. The Morgan fingerprint density at radius 1 is 0.909 bits per heavy atom. The van der Waals surface area contributed by atoms with Gasteiger partial charge in [0.2, 0.25) is 5.95 Å². The number of rotatable bonds is 3. The summed E-state index contributed by atoms with van der Waals surface area (Å²) in [5.41, 5.74) is 3.98. The van der Waals surface area contributed by atoms with Crippen LogP contribution < -0.4 is 4.90 Å². The third-order valence-corrected chi connectivity index (χ3v) is 3.96. The summed E-state index contributed by atoms with van der Waals surface area (Å²) in [4.78, 5) is 9.93. The molecule has 110 valence electrons. The Morgan fingerprint density at radius 3 is 2.45 bits per heavy atom. The monoisotopic (exact) mass is 291 g/mol. The fourth-order valence-corrected chi connectivity index (χ4v) is 2.80. The normalized spacial score (nSPS) is 15.2. The molecule has 22 heavy (non-hydrogen) atoms. The maximum absolute atomic E-state index is 4.38. The molecule has 0 unspecified atom stereocenters. The van der Waals surface area contributed by atoms with Gasteiger partial charge in [0.1, 0.15) is 0 Å². The van der Waals surface area contributed by atoms with Crippen LogP contribution in [0.3, 0.4) is 0 Å². The van der Waals surface area contributed by atoms with E-state index in [-0.39, 0.29) is 0 Å². The molecule has 0 atom stereocenters. The molecule has 1 fully saturated rings. The zero-order valence-electron chi connectivity index (χ0n) is 12.2. The molecule has 1 aliphatic rings. The molecule has 5 nitrogen and oxygen atoms in total. The van der Waals surface area contributed by atoms with Crippen molar-refractivity contribution in [3.63, 3.8) is 0 Å². The number of hydrogen-bond donors (Lipinski definition) is 1. The van der Waals surface area contributed by atoms with Crippen LogP contribution in [0.5, 0.6) is 0 Å². The van der Waals surface area contributed by atoms with Gasteiger partial charge in [0.25, 0.3) is 0 Å². The molecule has 0 aliphatic carbocycles. The summed E-state index contributed by atoms with van der Waals surface area (Å²) in [6, 6.07) is 16.1. The van der Waals surface area contributed by atoms with Crippen LogP contribution in [0.25, 0.3) is 11.0 Å². The Bertz CT molecular complexity index is 764. The number of para-hydroxylation sites is 2. The molecule has 1 N–H and O–H groups in total. The SMILES string of the molecule is c1ccc2[nH]c(N=Nc3ccc(N4CCCC4)cc3)nc2c1. The number of aromatic nitrogens is 2. The molecule has 1 aromatic heterocycles. The molecule has 0 saturated carbocycles. The number of nitrogens with one attached hydrogen (secondary N) is 1. The van der Waals surface area contributed by atoms with Crippen molar-refractivity contribution >= 4 is 28.4 Å². The highest BCUT2D eigenvalue weighted by Crippen LogP contribution is 2.24. The highest BCUT2D eigenvalue weighted by molar-refractivity contribution is 5.76. The number of aromatic amines is 1. The second-order valence-electron chi connectivity index (χ2n) is 5.49. The van der Waals surface area contributed by atoms with Crippen LogP contribution in [0.1, 0.15) is 12.8 Å². The minimum atomic E-state index is 0.532. The molecule has 0 bridgehead atoms. The number of azo groups is 1. The van der Waals surface area contributed by atoms with Crippen LogP contribution in [0.2, 0.25) is 0 Å². The first-order valence-electron chi connectivity index (χ1n) is 7.60. The number of fused-ring (bicyclic) bond motifs is 1. The lowest BCUT2D eigenvalue weighted by atomic mass is 10.2. The van der Waals surface area contributed by atoms with E-state index in [4.69, 9.17) is 0 Å². The molecule has 0 radical (unpaired) electrons. The van der Waals surface area contributed by atoms with Crippen LogP contribution >= 0.6 is 0 Å². The van der Waals surface area contributed by atoms with Crippen LogP contribution in [-0.2, 0) is 0 Å². The summed E-state index contributed by atoms with van der Waals surface area (Å²) in [5, 5.41) is 8.44. The highest BCUT2D eigenvalue weighted by atomic mass is 15.2. The predicted octanol–water partition coefficient (Wildman–Crippen LogP) is 4.58. The van der Waals surface area contributed by atoms with Crippen molar-refractivity contribution in [2.75, 3.05) is 18.0 Å². The lowest BCUT2D eigenvalue weighted by Gasteiger charge is -2.17. The molecule has 4 rings (SSSR count). The fourth-order valence-electron chi connectivity index (χ4n) is 2.80. The largest absolute Gasteiger partial charge is 0.372 e. The fraction of sp³-hybridized carbons (Fsp3) is 0.235. The number of benzene rings is 2. The second kappa shape index (κ2) is 5.60. The van der Waals surface area contributed by atoms with Crippen LogP contribution in [0.15, 0.2) is 58.8 Å². The summed E-state index contributed by atoms with van der Waals surface area (Å²) in [5.74, 6) is 0.532. The average molecular weight is 291 g/mol. The number of nitrogens with zero attached hydrogens (tertiary/aromatic N) is 4. The van der Waals surface area contributed by atoms with Crippen molar-refractivity contribution in [2.45, 2.75) is 12.8 Å². The zero-order valence-corrected chi connectivity index (χ0v) is 12.2. The maximum Gasteiger partial charge on any atom is 0.247 e. The van der Waals surface area contributed by atoms with Gasteiger partial charge in [-0.15, -0.1) is 10.2 Å². The average Bonchev–Trinajstić information content (AvgIpc) is 3.22. The van der Waals surface area contributed by atoms with Gasteiger partial charge >= 0.3 is 0 Å². The molecule has 5 heteroatoms. The van der Waals surface area contributed by atoms with Crippen molar-refractivity contribution < 1.29 is 0 Å². The van der Waals surface area contributed by atoms with Crippen molar-refractivity contribution in [3.05, 3.63) is 48.5 Å². The van der Waals surface area contributed by atoms with Crippen molar-refractivity contribution in [1.29, 1.82) is 0 Å². The lowest BCUT2D eigenvalue weighted by Crippen LogP contribution is -2.17. The van der Waals surface area contributed by atoms with Gasteiger partial charge in [0.15, 0.2) is 0 Å². The van der Waals surface area contributed by atoms with Crippen molar-refractivity contribution in [2.24, 2.45) is 10.2 Å². The molecule has 0 amide bonds. The summed E-state index contributed by atoms with van der Waals surface area (Å²) in [6.07, 6.45) is 2.57. The van der Waals surface area contributed by atoms with Gasteiger partial charge in [-0.3, -0.25) is 0 Å². The number of anilines is 1. The van der Waals surface area contributed by atoms with Crippen LogP contribution in [0.4, 0.5) is 17.3 Å².